The van der Waals surface area contributed by atoms with Crippen LogP contribution in [0.2, 0.25) is 0 Å². The van der Waals surface area contributed by atoms with Gasteiger partial charge in [0.2, 0.25) is 5.91 Å². The van der Waals surface area contributed by atoms with Gasteiger partial charge < -0.3 is 5.32 Å². The van der Waals surface area contributed by atoms with Crippen molar-refractivity contribution in [3.05, 3.63) is 0 Å². The second-order valence-corrected chi connectivity index (χ2v) is 5.77. The van der Waals surface area contributed by atoms with Gasteiger partial charge in [-0.1, -0.05) is 33.1 Å². The third-order valence-electron chi connectivity index (χ3n) is 4.36. The quantitative estimate of drug-likeness (QED) is 0.762. The van der Waals surface area contributed by atoms with E-state index in [1.807, 2.05) is 0 Å². The highest BCUT2D eigenvalue weighted by Gasteiger charge is 2.40. The summed E-state index contributed by atoms with van der Waals surface area (Å²) in [5.41, 5.74) is 0. The van der Waals surface area contributed by atoms with E-state index < -0.39 is 0 Å². The molecule has 0 radical (unpaired) electrons. The number of hydrogen-bond donors (Lipinski definition) is 1. The van der Waals surface area contributed by atoms with Gasteiger partial charge in [-0.15, -0.1) is 0 Å². The fraction of sp³-hybridized carbons (Fsp3) is 0.929. The van der Waals surface area contributed by atoms with Crippen LogP contribution >= 0.6 is 0 Å². The zero-order valence-electron chi connectivity index (χ0n) is 10.7. The molecule has 0 saturated heterocycles. The van der Waals surface area contributed by atoms with Gasteiger partial charge >= 0.3 is 0 Å². The largest absolute Gasteiger partial charge is 0.353 e. The Bertz CT molecular complexity index is 251. The second kappa shape index (κ2) is 5.20. The van der Waals surface area contributed by atoms with Gasteiger partial charge in [0.15, 0.2) is 0 Å². The van der Waals surface area contributed by atoms with Gasteiger partial charge in [0.1, 0.15) is 0 Å². The van der Waals surface area contributed by atoms with Crippen molar-refractivity contribution in [2.45, 2.75) is 64.8 Å². The standard InChI is InChI=1S/C14H25NO/c1-3-4-6-11-7-5-8-13(11)15-14(16)12-9-10(12)2/h10-13H,3-9H2,1-2H3,(H,15,16)/t10-,11+,12+,13-/m0/s1. The highest BCUT2D eigenvalue weighted by atomic mass is 16.2. The zero-order chi connectivity index (χ0) is 11.5. The molecule has 0 aromatic heterocycles. The molecule has 2 saturated carbocycles. The summed E-state index contributed by atoms with van der Waals surface area (Å²) in [5.74, 6) is 2.07. The van der Waals surface area contributed by atoms with Gasteiger partial charge in [0, 0.05) is 12.0 Å². The molecule has 0 heterocycles. The molecular weight excluding hydrogens is 198 g/mol. The maximum Gasteiger partial charge on any atom is 0.223 e. The van der Waals surface area contributed by atoms with Crippen LogP contribution in [0, 0.1) is 17.8 Å². The van der Waals surface area contributed by atoms with E-state index in [9.17, 15) is 4.79 Å². The Hall–Kier alpha value is -0.530. The van der Waals surface area contributed by atoms with Gasteiger partial charge in [0.05, 0.1) is 0 Å². The Balaban J connectivity index is 1.76. The van der Waals surface area contributed by atoms with Crippen LogP contribution in [0.15, 0.2) is 0 Å². The van der Waals surface area contributed by atoms with Crippen LogP contribution in [-0.2, 0) is 4.79 Å². The maximum absolute atomic E-state index is 11.9. The number of hydrogen-bond acceptors (Lipinski definition) is 1. The minimum absolute atomic E-state index is 0.334. The van der Waals surface area contributed by atoms with E-state index in [-0.39, 0.29) is 0 Å². The Morgan fingerprint density at radius 2 is 2.12 bits per heavy atom. The predicted molar refractivity (Wildman–Crippen MR) is 66.1 cm³/mol. The van der Waals surface area contributed by atoms with Crippen LogP contribution in [0.4, 0.5) is 0 Å². The molecule has 2 fully saturated rings. The highest BCUT2D eigenvalue weighted by Crippen LogP contribution is 2.38. The van der Waals surface area contributed by atoms with Crippen molar-refractivity contribution in [2.75, 3.05) is 0 Å². The van der Waals surface area contributed by atoms with Crippen LogP contribution in [0.5, 0.6) is 0 Å². The first-order valence-corrected chi connectivity index (χ1v) is 7.02. The molecule has 1 amide bonds. The van der Waals surface area contributed by atoms with E-state index in [4.69, 9.17) is 0 Å². The van der Waals surface area contributed by atoms with Gasteiger partial charge in [0.25, 0.3) is 0 Å². The van der Waals surface area contributed by atoms with E-state index in [0.29, 0.717) is 23.8 Å². The van der Waals surface area contributed by atoms with Crippen molar-refractivity contribution < 1.29 is 4.79 Å². The molecular formula is C14H25NO. The zero-order valence-corrected chi connectivity index (χ0v) is 10.7. The molecule has 2 heteroatoms. The lowest BCUT2D eigenvalue weighted by atomic mass is 9.96. The number of nitrogens with one attached hydrogen (secondary N) is 1. The molecule has 0 aromatic carbocycles. The van der Waals surface area contributed by atoms with E-state index in [0.717, 1.165) is 12.3 Å². The van der Waals surface area contributed by atoms with Crippen LogP contribution < -0.4 is 5.32 Å². The number of unbranched alkanes of at least 4 members (excludes halogenated alkanes) is 1. The van der Waals surface area contributed by atoms with Gasteiger partial charge in [-0.3, -0.25) is 4.79 Å². The van der Waals surface area contributed by atoms with Crippen molar-refractivity contribution in [1.29, 1.82) is 0 Å². The summed E-state index contributed by atoms with van der Waals surface area (Å²) in [7, 11) is 0. The molecule has 16 heavy (non-hydrogen) atoms. The third kappa shape index (κ3) is 2.78. The Morgan fingerprint density at radius 3 is 2.75 bits per heavy atom. The minimum Gasteiger partial charge on any atom is -0.353 e. The summed E-state index contributed by atoms with van der Waals surface area (Å²) in [5, 5.41) is 3.29. The first kappa shape index (κ1) is 11.9. The van der Waals surface area contributed by atoms with Crippen LogP contribution in [0.25, 0.3) is 0 Å². The SMILES string of the molecule is CCCC[C@@H]1CCC[C@@H]1NC(=O)[C@@H]1C[C@@H]1C. The summed E-state index contributed by atoms with van der Waals surface area (Å²) >= 11 is 0. The lowest BCUT2D eigenvalue weighted by Gasteiger charge is -2.20. The van der Waals surface area contributed by atoms with E-state index in [1.54, 1.807) is 0 Å². The summed E-state index contributed by atoms with van der Waals surface area (Å²) in [4.78, 5) is 11.9. The van der Waals surface area contributed by atoms with Gasteiger partial charge in [-0.25, -0.2) is 0 Å². The molecule has 0 aromatic rings. The maximum atomic E-state index is 11.9. The van der Waals surface area contributed by atoms with Crippen LogP contribution in [0.1, 0.15) is 58.8 Å². The Morgan fingerprint density at radius 1 is 1.38 bits per heavy atom. The van der Waals surface area contributed by atoms with Crippen molar-refractivity contribution >= 4 is 5.91 Å². The second-order valence-electron chi connectivity index (χ2n) is 5.77. The molecule has 2 aliphatic carbocycles. The molecule has 0 unspecified atom stereocenters. The first-order valence-electron chi connectivity index (χ1n) is 7.02. The number of rotatable bonds is 5. The molecule has 0 aliphatic heterocycles. The fourth-order valence-electron chi connectivity index (χ4n) is 3.02. The van der Waals surface area contributed by atoms with Crippen molar-refractivity contribution in [3.63, 3.8) is 0 Å². The number of carbonyl (C=O) groups excluding carboxylic acids is 1. The molecule has 2 rings (SSSR count). The van der Waals surface area contributed by atoms with E-state index in [2.05, 4.69) is 19.2 Å². The molecule has 4 atom stereocenters. The molecule has 2 aliphatic rings. The monoisotopic (exact) mass is 223 g/mol. The highest BCUT2D eigenvalue weighted by molar-refractivity contribution is 5.81. The molecule has 2 nitrogen and oxygen atoms in total. The van der Waals surface area contributed by atoms with Gasteiger partial charge in [-0.05, 0) is 37.5 Å². The number of carbonyl (C=O) groups is 1. The molecule has 0 bridgehead atoms. The summed E-state index contributed by atoms with van der Waals surface area (Å²) in [6, 6.07) is 0.492. The van der Waals surface area contributed by atoms with Crippen LogP contribution in [-0.4, -0.2) is 11.9 Å². The lowest BCUT2D eigenvalue weighted by Crippen LogP contribution is -2.38. The Kier molecular flexibility index (Phi) is 3.88. The average Bonchev–Trinajstić information content (AvgIpc) is 2.84. The fourth-order valence-corrected chi connectivity index (χ4v) is 3.02. The molecule has 1 N–H and O–H groups in total. The normalized spacial score (nSPS) is 37.4. The van der Waals surface area contributed by atoms with Crippen molar-refractivity contribution in [2.24, 2.45) is 17.8 Å². The first-order chi connectivity index (χ1) is 7.72. The minimum atomic E-state index is 0.334. The predicted octanol–water partition coefficient (Wildman–Crippen LogP) is 3.12. The summed E-state index contributed by atoms with van der Waals surface area (Å²) in [6.45, 7) is 4.42. The van der Waals surface area contributed by atoms with Gasteiger partial charge in [-0.2, -0.15) is 0 Å². The van der Waals surface area contributed by atoms with Crippen molar-refractivity contribution in [3.8, 4) is 0 Å². The molecule has 0 spiro atoms. The summed E-state index contributed by atoms with van der Waals surface area (Å²) in [6.07, 6.45) is 8.85. The lowest BCUT2D eigenvalue weighted by molar-refractivity contribution is -0.123. The smallest absolute Gasteiger partial charge is 0.223 e. The summed E-state index contributed by atoms with van der Waals surface area (Å²) < 4.78 is 0. The third-order valence-corrected chi connectivity index (χ3v) is 4.36. The number of amides is 1. The molecule has 92 valence electrons. The topological polar surface area (TPSA) is 29.1 Å². The van der Waals surface area contributed by atoms with E-state index >= 15 is 0 Å². The van der Waals surface area contributed by atoms with Crippen molar-refractivity contribution in [1.82, 2.24) is 5.32 Å². The average molecular weight is 223 g/mol. The van der Waals surface area contributed by atoms with Crippen LogP contribution in [0.3, 0.4) is 0 Å². The Labute approximate surface area is 99.2 Å². The van der Waals surface area contributed by atoms with E-state index in [1.165, 1.54) is 38.5 Å².